The van der Waals surface area contributed by atoms with Crippen molar-refractivity contribution in [3.8, 4) is 11.3 Å². The zero-order valence-electron chi connectivity index (χ0n) is 16.6. The largest absolute Gasteiger partial charge is 0.343 e. The van der Waals surface area contributed by atoms with E-state index in [9.17, 15) is 4.79 Å². The summed E-state index contributed by atoms with van der Waals surface area (Å²) in [6.07, 6.45) is 1.79. The first-order valence-electron chi connectivity index (χ1n) is 9.75. The topological polar surface area (TPSA) is 99.3 Å². The lowest BCUT2D eigenvalue weighted by Crippen LogP contribution is -2.27. The van der Waals surface area contributed by atoms with Gasteiger partial charge in [0.2, 0.25) is 5.82 Å². The van der Waals surface area contributed by atoms with Crippen LogP contribution < -0.4 is 5.32 Å². The maximum absolute atomic E-state index is 12.7. The van der Waals surface area contributed by atoms with E-state index in [4.69, 9.17) is 0 Å². The molecule has 1 amide bonds. The van der Waals surface area contributed by atoms with Crippen LogP contribution in [0.3, 0.4) is 0 Å². The van der Waals surface area contributed by atoms with Gasteiger partial charge in [-0.05, 0) is 43.7 Å². The summed E-state index contributed by atoms with van der Waals surface area (Å²) >= 11 is 0. The molecule has 0 saturated carbocycles. The van der Waals surface area contributed by atoms with E-state index in [1.165, 1.54) is 0 Å². The fourth-order valence-electron chi connectivity index (χ4n) is 3.63. The molecule has 0 aliphatic carbocycles. The number of benzene rings is 2. The number of imidazole rings is 1. The number of rotatable bonds is 4. The fraction of sp³-hybridized carbons (Fsp3) is 0.130. The minimum absolute atomic E-state index is 0.133. The van der Waals surface area contributed by atoms with Crippen molar-refractivity contribution in [1.82, 2.24) is 30.5 Å². The van der Waals surface area contributed by atoms with Crippen molar-refractivity contribution in [2.75, 3.05) is 0 Å². The number of nitrogens with one attached hydrogen (secondary N) is 3. The van der Waals surface area contributed by atoms with Crippen LogP contribution >= 0.6 is 0 Å². The Morgan fingerprint density at radius 2 is 1.77 bits per heavy atom. The van der Waals surface area contributed by atoms with E-state index in [2.05, 4.69) is 30.5 Å². The van der Waals surface area contributed by atoms with Gasteiger partial charge in [0.05, 0.1) is 28.3 Å². The molecule has 7 nitrogen and oxygen atoms in total. The Labute approximate surface area is 172 Å². The molecule has 0 bridgehead atoms. The smallest absolute Gasteiger partial charge is 0.289 e. The van der Waals surface area contributed by atoms with Crippen molar-refractivity contribution in [1.29, 1.82) is 0 Å². The quantitative estimate of drug-likeness (QED) is 0.422. The molecule has 0 unspecified atom stereocenters. The third kappa shape index (κ3) is 3.20. The van der Waals surface area contributed by atoms with Gasteiger partial charge in [-0.1, -0.05) is 30.3 Å². The lowest BCUT2D eigenvalue weighted by Gasteiger charge is -2.12. The highest BCUT2D eigenvalue weighted by Crippen LogP contribution is 2.29. The number of hydrogen-bond donors (Lipinski definition) is 3. The molecule has 0 aliphatic rings. The molecule has 0 radical (unpaired) electrons. The first kappa shape index (κ1) is 18.1. The Kier molecular flexibility index (Phi) is 4.28. The van der Waals surface area contributed by atoms with E-state index < -0.39 is 0 Å². The van der Waals surface area contributed by atoms with Crippen LogP contribution in [0.5, 0.6) is 0 Å². The Balaban J connectivity index is 1.48. The molecule has 30 heavy (non-hydrogen) atoms. The number of aromatic nitrogens is 5. The van der Waals surface area contributed by atoms with Crippen LogP contribution in [0.1, 0.15) is 34.8 Å². The Morgan fingerprint density at radius 3 is 2.53 bits per heavy atom. The van der Waals surface area contributed by atoms with E-state index >= 15 is 0 Å². The van der Waals surface area contributed by atoms with Crippen LogP contribution in [0.2, 0.25) is 0 Å². The average molecular weight is 396 g/mol. The minimum atomic E-state index is -0.289. The van der Waals surface area contributed by atoms with Crippen molar-refractivity contribution in [2.24, 2.45) is 0 Å². The molecule has 7 heteroatoms. The van der Waals surface area contributed by atoms with Crippen LogP contribution in [0.25, 0.3) is 33.2 Å². The van der Waals surface area contributed by atoms with Crippen LogP contribution in [0.15, 0.2) is 60.8 Å². The van der Waals surface area contributed by atoms with Crippen molar-refractivity contribution < 1.29 is 4.79 Å². The van der Waals surface area contributed by atoms with Crippen LogP contribution in [-0.4, -0.2) is 31.1 Å². The molecule has 5 aromatic rings. The van der Waals surface area contributed by atoms with Gasteiger partial charge in [-0.15, -0.1) is 0 Å². The number of aromatic amines is 2. The molecule has 3 heterocycles. The molecule has 1 atom stereocenters. The second kappa shape index (κ2) is 7.11. The molecule has 148 valence electrons. The van der Waals surface area contributed by atoms with Gasteiger partial charge >= 0.3 is 0 Å². The highest BCUT2D eigenvalue weighted by molar-refractivity contribution is 6.02. The third-order valence-corrected chi connectivity index (χ3v) is 5.19. The van der Waals surface area contributed by atoms with Gasteiger partial charge in [0.1, 0.15) is 0 Å². The molecular weight excluding hydrogens is 376 g/mol. The Hall–Kier alpha value is -4.00. The molecule has 3 N–H and O–H groups in total. The number of carbonyl (C=O) groups is 1. The zero-order valence-corrected chi connectivity index (χ0v) is 16.6. The molecule has 5 rings (SSSR count). The lowest BCUT2D eigenvalue weighted by atomic mass is 10.1. The number of amides is 1. The molecule has 3 aromatic heterocycles. The maximum Gasteiger partial charge on any atom is 0.289 e. The van der Waals surface area contributed by atoms with Crippen molar-refractivity contribution in [2.45, 2.75) is 19.9 Å². The van der Waals surface area contributed by atoms with Gasteiger partial charge in [-0.3, -0.25) is 14.9 Å². The van der Waals surface area contributed by atoms with Crippen LogP contribution in [0, 0.1) is 6.92 Å². The number of fused-ring (bicyclic) bond motifs is 2. The summed E-state index contributed by atoms with van der Waals surface area (Å²) in [5.41, 5.74) is 6.20. The van der Waals surface area contributed by atoms with Crippen LogP contribution in [0.4, 0.5) is 0 Å². The van der Waals surface area contributed by atoms with Gasteiger partial charge in [0.25, 0.3) is 5.91 Å². The van der Waals surface area contributed by atoms with Gasteiger partial charge in [0, 0.05) is 22.8 Å². The normalized spacial score (nSPS) is 12.3. The molecule has 0 saturated heterocycles. The number of nitrogens with zero attached hydrogens (tertiary/aromatic N) is 3. The summed E-state index contributed by atoms with van der Waals surface area (Å²) in [6.45, 7) is 3.90. The predicted molar refractivity (Wildman–Crippen MR) is 116 cm³/mol. The predicted octanol–water partition coefficient (Wildman–Crippen LogP) is 4.30. The number of H-pyrrole nitrogens is 2. The van der Waals surface area contributed by atoms with E-state index in [-0.39, 0.29) is 17.8 Å². The van der Waals surface area contributed by atoms with E-state index in [0.717, 1.165) is 33.4 Å². The highest BCUT2D eigenvalue weighted by Gasteiger charge is 2.18. The van der Waals surface area contributed by atoms with Gasteiger partial charge < -0.3 is 10.4 Å². The summed E-state index contributed by atoms with van der Waals surface area (Å²) in [5, 5.41) is 10.3. The summed E-state index contributed by atoms with van der Waals surface area (Å²) in [7, 11) is 0. The van der Waals surface area contributed by atoms with Gasteiger partial charge in [-0.25, -0.2) is 9.97 Å². The second-order valence-corrected chi connectivity index (χ2v) is 7.35. The summed E-state index contributed by atoms with van der Waals surface area (Å²) in [5.74, 6) is -0.117. The average Bonchev–Trinajstić information content (AvgIpc) is 3.36. The summed E-state index contributed by atoms with van der Waals surface area (Å²) in [6, 6.07) is 17.5. The van der Waals surface area contributed by atoms with E-state index in [1.54, 1.807) is 6.20 Å². The van der Waals surface area contributed by atoms with Gasteiger partial charge in [0.15, 0.2) is 0 Å². The fourth-order valence-corrected chi connectivity index (χ4v) is 3.63. The zero-order chi connectivity index (χ0) is 20.7. The second-order valence-electron chi connectivity index (χ2n) is 7.35. The first-order chi connectivity index (χ1) is 14.6. The minimum Gasteiger partial charge on any atom is -0.343 e. The van der Waals surface area contributed by atoms with Crippen molar-refractivity contribution >= 4 is 27.8 Å². The standard InChI is InChI=1S/C23H20N6O/c1-13-10-16(8-9-24-13)21-17-11-19-20(12-18(17)28-29-21)27-22(26-19)23(30)25-14(2)15-6-4-3-5-7-15/h3-12,14,28-29H,1-2H3,(H,25,30)/t14-/m1/s1. The molecule has 0 fully saturated rings. The molecule has 2 aromatic carbocycles. The van der Waals surface area contributed by atoms with E-state index in [0.29, 0.717) is 11.0 Å². The third-order valence-electron chi connectivity index (χ3n) is 5.19. The van der Waals surface area contributed by atoms with E-state index in [1.807, 2.05) is 68.4 Å². The Morgan fingerprint density at radius 1 is 1.00 bits per heavy atom. The Bertz CT molecular complexity index is 1370. The first-order valence-corrected chi connectivity index (χ1v) is 9.75. The summed E-state index contributed by atoms with van der Waals surface area (Å²) in [4.78, 5) is 25.9. The molecule has 0 aliphatic heterocycles. The number of aryl methyl sites for hydroxylation is 1. The lowest BCUT2D eigenvalue weighted by molar-refractivity contribution is 0.0930. The SMILES string of the molecule is Cc1cc(-c2[nH][nH]c3cc4nc(C(=O)N[C@H](C)c5ccccc5)nc4cc23)ccn1. The number of pyridine rings is 1. The molecule has 0 spiro atoms. The summed E-state index contributed by atoms with van der Waals surface area (Å²) < 4.78 is 0. The van der Waals surface area contributed by atoms with Crippen molar-refractivity contribution in [3.63, 3.8) is 0 Å². The van der Waals surface area contributed by atoms with Gasteiger partial charge in [-0.2, -0.15) is 0 Å². The number of hydrogen-bond acceptors (Lipinski definition) is 4. The maximum atomic E-state index is 12.7. The monoisotopic (exact) mass is 396 g/mol. The van der Waals surface area contributed by atoms with Crippen molar-refractivity contribution in [3.05, 3.63) is 77.9 Å². The van der Waals surface area contributed by atoms with Crippen LogP contribution in [-0.2, 0) is 0 Å². The highest BCUT2D eigenvalue weighted by atomic mass is 16.2. The molecular formula is C23H20N6O. The number of carbonyl (C=O) groups excluding carboxylic acids is 1.